The van der Waals surface area contributed by atoms with Crippen LogP contribution in [0, 0.1) is 5.92 Å². The Morgan fingerprint density at radius 1 is 1.19 bits per heavy atom. The molecule has 1 aromatic carbocycles. The maximum absolute atomic E-state index is 12.6. The van der Waals surface area contributed by atoms with Gasteiger partial charge in [-0.25, -0.2) is 0 Å². The van der Waals surface area contributed by atoms with Crippen LogP contribution < -0.4 is 5.32 Å². The van der Waals surface area contributed by atoms with Crippen LogP contribution in [-0.4, -0.2) is 55.2 Å². The molecule has 0 aromatic heterocycles. The number of benzene rings is 1. The van der Waals surface area contributed by atoms with Gasteiger partial charge in [-0.15, -0.1) is 0 Å². The summed E-state index contributed by atoms with van der Waals surface area (Å²) >= 11 is 0. The lowest BCUT2D eigenvalue weighted by Crippen LogP contribution is -2.48. The fraction of sp³-hybridized carbons (Fsp3) is 0.619. The molecule has 6 nitrogen and oxygen atoms in total. The smallest absolute Gasteiger partial charge is 0.254 e. The molecule has 27 heavy (non-hydrogen) atoms. The predicted molar refractivity (Wildman–Crippen MR) is 104 cm³/mol. The first-order valence-electron chi connectivity index (χ1n) is 9.73. The first-order chi connectivity index (χ1) is 12.8. The number of nitrogens with zero attached hydrogens (tertiary/aromatic N) is 1. The molecule has 2 rings (SSSR count). The molecule has 1 saturated heterocycles. The molecular formula is C21H32N2O4. The van der Waals surface area contributed by atoms with Gasteiger partial charge in [0, 0.05) is 38.2 Å². The Bertz CT molecular complexity index is 605. The van der Waals surface area contributed by atoms with Crippen LogP contribution in [0.15, 0.2) is 24.3 Å². The number of hydrogen-bond acceptors (Lipinski definition) is 4. The Balaban J connectivity index is 1.77. The second kappa shape index (κ2) is 10.4. The molecule has 0 aliphatic carbocycles. The summed E-state index contributed by atoms with van der Waals surface area (Å²) in [5.74, 6) is 0.461. The number of amides is 2. The van der Waals surface area contributed by atoms with Crippen LogP contribution in [-0.2, 0) is 20.8 Å². The van der Waals surface area contributed by atoms with E-state index in [9.17, 15) is 9.59 Å². The van der Waals surface area contributed by atoms with Gasteiger partial charge in [-0.2, -0.15) is 0 Å². The summed E-state index contributed by atoms with van der Waals surface area (Å²) in [6.45, 7) is 10.9. The lowest BCUT2D eigenvalue weighted by atomic mass is 10.1. The van der Waals surface area contributed by atoms with Crippen LogP contribution in [0.4, 0.5) is 0 Å². The molecule has 0 spiro atoms. The largest absolute Gasteiger partial charge is 0.381 e. The van der Waals surface area contributed by atoms with Gasteiger partial charge in [0.05, 0.1) is 18.8 Å². The minimum Gasteiger partial charge on any atom is -0.381 e. The highest BCUT2D eigenvalue weighted by Crippen LogP contribution is 2.15. The Labute approximate surface area is 162 Å². The Hall–Kier alpha value is -1.92. The molecule has 1 aliphatic rings. The summed E-state index contributed by atoms with van der Waals surface area (Å²) in [6.07, 6.45) is 0.463. The van der Waals surface area contributed by atoms with Gasteiger partial charge >= 0.3 is 0 Å². The van der Waals surface area contributed by atoms with Gasteiger partial charge < -0.3 is 19.7 Å². The van der Waals surface area contributed by atoms with E-state index in [4.69, 9.17) is 9.47 Å². The summed E-state index contributed by atoms with van der Waals surface area (Å²) in [5.41, 5.74) is 1.63. The summed E-state index contributed by atoms with van der Waals surface area (Å²) in [4.78, 5) is 26.3. The Morgan fingerprint density at radius 3 is 2.41 bits per heavy atom. The van der Waals surface area contributed by atoms with Crippen molar-refractivity contribution in [1.82, 2.24) is 10.2 Å². The molecule has 2 unspecified atom stereocenters. The van der Waals surface area contributed by atoms with Crippen molar-refractivity contribution in [1.29, 1.82) is 0 Å². The molecular weight excluding hydrogens is 344 g/mol. The zero-order valence-corrected chi connectivity index (χ0v) is 16.9. The highest BCUT2D eigenvalue weighted by Gasteiger charge is 2.26. The van der Waals surface area contributed by atoms with E-state index < -0.39 is 0 Å². The van der Waals surface area contributed by atoms with Crippen LogP contribution in [0.1, 0.15) is 50.0 Å². The zero-order valence-electron chi connectivity index (χ0n) is 16.9. The van der Waals surface area contributed by atoms with Crippen molar-refractivity contribution < 1.29 is 19.1 Å². The van der Waals surface area contributed by atoms with Crippen LogP contribution in [0.3, 0.4) is 0 Å². The molecule has 0 radical (unpaired) electrons. The number of rotatable bonds is 8. The van der Waals surface area contributed by atoms with Gasteiger partial charge in [-0.1, -0.05) is 26.0 Å². The molecule has 2 atom stereocenters. The van der Waals surface area contributed by atoms with Crippen molar-refractivity contribution in [2.75, 3.05) is 26.3 Å². The molecule has 1 N–H and O–H groups in total. The number of morpholine rings is 1. The third-order valence-corrected chi connectivity index (χ3v) is 4.32. The third-order valence-electron chi connectivity index (χ3n) is 4.32. The van der Waals surface area contributed by atoms with Crippen molar-refractivity contribution in [3.8, 4) is 0 Å². The fourth-order valence-electron chi connectivity index (χ4n) is 3.06. The van der Waals surface area contributed by atoms with Crippen molar-refractivity contribution in [2.24, 2.45) is 5.92 Å². The number of carbonyl (C=O) groups excluding carboxylic acids is 2. The van der Waals surface area contributed by atoms with E-state index in [1.165, 1.54) is 0 Å². The fourth-order valence-corrected chi connectivity index (χ4v) is 3.06. The second-order valence-electron chi connectivity index (χ2n) is 7.66. The molecule has 0 bridgehead atoms. The van der Waals surface area contributed by atoms with Crippen LogP contribution in [0.2, 0.25) is 0 Å². The summed E-state index contributed by atoms with van der Waals surface area (Å²) in [7, 11) is 0. The van der Waals surface area contributed by atoms with Gasteiger partial charge in [0.15, 0.2) is 0 Å². The van der Waals surface area contributed by atoms with E-state index in [1.54, 1.807) is 0 Å². The van der Waals surface area contributed by atoms with Crippen LogP contribution in [0.5, 0.6) is 0 Å². The van der Waals surface area contributed by atoms with Crippen molar-refractivity contribution in [3.63, 3.8) is 0 Å². The molecule has 2 amide bonds. The number of carbonyl (C=O) groups is 2. The molecule has 1 fully saturated rings. The topological polar surface area (TPSA) is 67.9 Å². The van der Waals surface area contributed by atoms with Gasteiger partial charge in [-0.3, -0.25) is 9.59 Å². The average Bonchev–Trinajstić information content (AvgIpc) is 2.62. The minimum atomic E-state index is -0.0322. The van der Waals surface area contributed by atoms with Crippen molar-refractivity contribution in [2.45, 2.75) is 52.9 Å². The van der Waals surface area contributed by atoms with Crippen LogP contribution in [0.25, 0.3) is 0 Å². The summed E-state index contributed by atoms with van der Waals surface area (Å²) < 4.78 is 11.1. The predicted octanol–water partition coefficient (Wildman–Crippen LogP) is 2.61. The third kappa shape index (κ3) is 7.31. The standard InChI is InChI=1S/C21H32N2O4/c1-15(2)14-26-10-9-20(24)22-11-18-5-7-19(8-6-18)21(25)23-12-16(3)27-17(4)13-23/h5-8,15-17H,9-14H2,1-4H3,(H,22,24). The SMILES string of the molecule is CC(C)COCCC(=O)NCc1ccc(C(=O)N2CC(C)OC(C)C2)cc1. The lowest BCUT2D eigenvalue weighted by molar-refractivity contribution is -0.122. The second-order valence-corrected chi connectivity index (χ2v) is 7.66. The molecule has 6 heteroatoms. The number of hydrogen-bond donors (Lipinski definition) is 1. The first kappa shape index (κ1) is 21.4. The maximum Gasteiger partial charge on any atom is 0.254 e. The Morgan fingerprint density at radius 2 is 1.81 bits per heavy atom. The van der Waals surface area contributed by atoms with Gasteiger partial charge in [-0.05, 0) is 37.5 Å². The molecule has 150 valence electrons. The van der Waals surface area contributed by atoms with Gasteiger partial charge in [0.2, 0.25) is 5.91 Å². The highest BCUT2D eigenvalue weighted by molar-refractivity contribution is 5.94. The summed E-state index contributed by atoms with van der Waals surface area (Å²) in [5, 5.41) is 2.88. The average molecular weight is 376 g/mol. The van der Waals surface area contributed by atoms with Gasteiger partial charge in [0.1, 0.15) is 0 Å². The van der Waals surface area contributed by atoms with Crippen molar-refractivity contribution >= 4 is 11.8 Å². The first-order valence-corrected chi connectivity index (χ1v) is 9.73. The van der Waals surface area contributed by atoms with E-state index in [1.807, 2.05) is 43.0 Å². The lowest BCUT2D eigenvalue weighted by Gasteiger charge is -2.35. The highest BCUT2D eigenvalue weighted by atomic mass is 16.5. The van der Waals surface area contributed by atoms with E-state index in [0.29, 0.717) is 50.8 Å². The number of nitrogens with one attached hydrogen (secondary N) is 1. The maximum atomic E-state index is 12.6. The van der Waals surface area contributed by atoms with E-state index in [2.05, 4.69) is 19.2 Å². The van der Waals surface area contributed by atoms with Crippen LogP contribution >= 0.6 is 0 Å². The quantitative estimate of drug-likeness (QED) is 0.708. The minimum absolute atomic E-state index is 0.0230. The van der Waals surface area contributed by atoms with E-state index in [0.717, 1.165) is 5.56 Å². The molecule has 1 aromatic rings. The zero-order chi connectivity index (χ0) is 19.8. The van der Waals surface area contributed by atoms with Crippen molar-refractivity contribution in [3.05, 3.63) is 35.4 Å². The molecule has 0 saturated carbocycles. The van der Waals surface area contributed by atoms with E-state index >= 15 is 0 Å². The number of ether oxygens (including phenoxy) is 2. The van der Waals surface area contributed by atoms with E-state index in [-0.39, 0.29) is 24.0 Å². The Kier molecular flexibility index (Phi) is 8.25. The molecule has 1 aliphatic heterocycles. The summed E-state index contributed by atoms with van der Waals surface area (Å²) in [6, 6.07) is 7.41. The monoisotopic (exact) mass is 376 g/mol. The molecule has 1 heterocycles. The normalized spacial score (nSPS) is 20.0. The van der Waals surface area contributed by atoms with Gasteiger partial charge in [0.25, 0.3) is 5.91 Å².